The Balaban J connectivity index is 3.03. The van der Waals surface area contributed by atoms with Crippen molar-refractivity contribution in [3.63, 3.8) is 0 Å². The van der Waals surface area contributed by atoms with Crippen LogP contribution in [0.1, 0.15) is 6.92 Å². The fourth-order valence-electron chi connectivity index (χ4n) is 0.313. The monoisotopic (exact) mass is 132 g/mol. The van der Waals surface area contributed by atoms with E-state index in [1.54, 1.807) is 18.7 Å². The molecule has 0 unspecified atom stereocenters. The number of hydrogen-bond donors (Lipinski definition) is 1. The molecule has 0 aliphatic carbocycles. The van der Waals surface area contributed by atoms with E-state index < -0.39 is 0 Å². The number of hydrogen-bond acceptors (Lipinski definition) is 2. The Bertz CT molecular complexity index is 76.5. The zero-order valence-corrected chi connectivity index (χ0v) is 6.16. The Morgan fingerprint density at radius 3 is 2.75 bits per heavy atom. The molecule has 0 aromatic rings. The van der Waals surface area contributed by atoms with E-state index in [-0.39, 0.29) is 0 Å². The van der Waals surface area contributed by atoms with Gasteiger partial charge in [0.1, 0.15) is 0 Å². The summed E-state index contributed by atoms with van der Waals surface area (Å²) in [6.07, 6.45) is 2.06. The predicted molar refractivity (Wildman–Crippen MR) is 40.5 cm³/mol. The van der Waals surface area contributed by atoms with E-state index in [2.05, 4.69) is 11.2 Å². The molecule has 0 radical (unpaired) electrons. The van der Waals surface area contributed by atoms with Crippen molar-refractivity contribution in [3.05, 3.63) is 0 Å². The van der Waals surface area contributed by atoms with Crippen LogP contribution in [0, 0.1) is 0 Å². The molecule has 0 atom stereocenters. The van der Waals surface area contributed by atoms with Crippen LogP contribution < -0.4 is 5.73 Å². The van der Waals surface area contributed by atoms with Crippen LogP contribution in [0.4, 0.5) is 0 Å². The van der Waals surface area contributed by atoms with Crippen molar-refractivity contribution < 1.29 is 0 Å². The van der Waals surface area contributed by atoms with Gasteiger partial charge in [0.25, 0.3) is 0 Å². The first-order valence-corrected chi connectivity index (χ1v) is 3.92. The van der Waals surface area contributed by atoms with Crippen LogP contribution in [0.25, 0.3) is 0 Å². The molecule has 3 heteroatoms. The Labute approximate surface area is 54.6 Å². The standard InChI is InChI=1S/C5H12N2S/c1-5(6)7-3-4-8-2/h3-4H2,1-2H3,(H2,6,7). The molecule has 0 spiro atoms. The van der Waals surface area contributed by atoms with Gasteiger partial charge in [-0.1, -0.05) is 0 Å². The summed E-state index contributed by atoms with van der Waals surface area (Å²) in [5.41, 5.74) is 5.27. The van der Waals surface area contributed by atoms with E-state index in [4.69, 9.17) is 5.73 Å². The van der Waals surface area contributed by atoms with Crippen LogP contribution in [-0.4, -0.2) is 24.4 Å². The smallest absolute Gasteiger partial charge is 0.0905 e. The zero-order valence-electron chi connectivity index (χ0n) is 5.35. The van der Waals surface area contributed by atoms with Gasteiger partial charge in [-0.2, -0.15) is 11.8 Å². The quantitative estimate of drug-likeness (QED) is 0.349. The molecule has 0 heterocycles. The van der Waals surface area contributed by atoms with Crippen molar-refractivity contribution in [3.8, 4) is 0 Å². The van der Waals surface area contributed by atoms with Gasteiger partial charge in [-0.25, -0.2) is 0 Å². The van der Waals surface area contributed by atoms with Crippen LogP contribution in [0.15, 0.2) is 4.99 Å². The lowest BCUT2D eigenvalue weighted by Gasteiger charge is -1.89. The average molecular weight is 132 g/mol. The summed E-state index contributed by atoms with van der Waals surface area (Å²) in [7, 11) is 0. The zero-order chi connectivity index (χ0) is 6.41. The highest BCUT2D eigenvalue weighted by Crippen LogP contribution is 1.89. The van der Waals surface area contributed by atoms with Crippen molar-refractivity contribution in [1.29, 1.82) is 0 Å². The molecule has 2 nitrogen and oxygen atoms in total. The largest absolute Gasteiger partial charge is 0.388 e. The summed E-state index contributed by atoms with van der Waals surface area (Å²) in [5, 5.41) is 0. The van der Waals surface area contributed by atoms with E-state index >= 15 is 0 Å². The molecule has 2 N–H and O–H groups in total. The summed E-state index contributed by atoms with van der Waals surface area (Å²) in [6.45, 7) is 2.66. The third kappa shape index (κ3) is 5.82. The number of rotatable bonds is 3. The first-order chi connectivity index (χ1) is 3.77. The van der Waals surface area contributed by atoms with Crippen molar-refractivity contribution in [1.82, 2.24) is 0 Å². The van der Waals surface area contributed by atoms with Crippen LogP contribution >= 0.6 is 11.8 Å². The second-order valence-corrected chi connectivity index (χ2v) is 2.50. The van der Waals surface area contributed by atoms with E-state index in [1.807, 2.05) is 0 Å². The third-order valence-corrected chi connectivity index (χ3v) is 1.25. The van der Waals surface area contributed by atoms with Crippen LogP contribution in [0.2, 0.25) is 0 Å². The van der Waals surface area contributed by atoms with Gasteiger partial charge in [0.05, 0.1) is 5.84 Å². The molecule has 0 bridgehead atoms. The highest BCUT2D eigenvalue weighted by molar-refractivity contribution is 7.98. The molecular weight excluding hydrogens is 120 g/mol. The molecule has 0 amide bonds. The van der Waals surface area contributed by atoms with E-state index in [0.29, 0.717) is 5.84 Å². The maximum Gasteiger partial charge on any atom is 0.0905 e. The minimum atomic E-state index is 0.680. The summed E-state index contributed by atoms with van der Waals surface area (Å²) in [4.78, 5) is 3.99. The van der Waals surface area contributed by atoms with Gasteiger partial charge in [0.15, 0.2) is 0 Å². The van der Waals surface area contributed by atoms with Crippen LogP contribution in [0.5, 0.6) is 0 Å². The van der Waals surface area contributed by atoms with Crippen LogP contribution in [-0.2, 0) is 0 Å². The molecule has 0 aliphatic rings. The van der Waals surface area contributed by atoms with Crippen LogP contribution in [0.3, 0.4) is 0 Å². The number of amidine groups is 1. The fourth-order valence-corrected chi connectivity index (χ4v) is 0.587. The first kappa shape index (κ1) is 7.82. The van der Waals surface area contributed by atoms with Gasteiger partial charge in [0.2, 0.25) is 0 Å². The molecule has 0 aromatic carbocycles. The van der Waals surface area contributed by atoms with Crippen molar-refractivity contribution >= 4 is 17.6 Å². The highest BCUT2D eigenvalue weighted by atomic mass is 32.2. The van der Waals surface area contributed by atoms with E-state index in [9.17, 15) is 0 Å². The maximum absolute atomic E-state index is 5.27. The van der Waals surface area contributed by atoms with E-state index in [1.165, 1.54) is 0 Å². The lowest BCUT2D eigenvalue weighted by molar-refractivity contribution is 1.13. The molecule has 0 aliphatic heterocycles. The number of thioether (sulfide) groups is 1. The molecule has 8 heavy (non-hydrogen) atoms. The lowest BCUT2D eigenvalue weighted by Crippen LogP contribution is -2.06. The Morgan fingerprint density at radius 1 is 1.75 bits per heavy atom. The number of nitrogens with two attached hydrogens (primary N) is 1. The summed E-state index contributed by atoms with van der Waals surface area (Å²) < 4.78 is 0. The minimum Gasteiger partial charge on any atom is -0.388 e. The second-order valence-electron chi connectivity index (χ2n) is 1.52. The lowest BCUT2D eigenvalue weighted by atomic mass is 10.7. The average Bonchev–Trinajstić information content (AvgIpc) is 1.66. The summed E-state index contributed by atoms with van der Waals surface area (Å²) in [5.74, 6) is 1.74. The van der Waals surface area contributed by atoms with Crippen molar-refractivity contribution in [2.24, 2.45) is 10.7 Å². The maximum atomic E-state index is 5.27. The molecule has 48 valence electrons. The summed E-state index contributed by atoms with van der Waals surface area (Å²) >= 11 is 1.78. The minimum absolute atomic E-state index is 0.680. The summed E-state index contributed by atoms with van der Waals surface area (Å²) in [6, 6.07) is 0. The van der Waals surface area contributed by atoms with Gasteiger partial charge >= 0.3 is 0 Å². The molecule has 0 saturated heterocycles. The molecular formula is C5H12N2S. The Morgan fingerprint density at radius 2 is 2.38 bits per heavy atom. The third-order valence-electron chi connectivity index (χ3n) is 0.657. The normalized spacial score (nSPS) is 12.0. The highest BCUT2D eigenvalue weighted by Gasteiger charge is 1.78. The van der Waals surface area contributed by atoms with E-state index in [0.717, 1.165) is 12.3 Å². The van der Waals surface area contributed by atoms with Gasteiger partial charge in [-0.05, 0) is 13.2 Å². The SMILES string of the molecule is CSCCN=C(C)N. The molecule has 0 fully saturated rings. The fraction of sp³-hybridized carbons (Fsp3) is 0.800. The Kier molecular flexibility index (Phi) is 4.85. The predicted octanol–water partition coefficient (Wildman–Crippen LogP) is 0.727. The number of nitrogens with zero attached hydrogens (tertiary/aromatic N) is 1. The van der Waals surface area contributed by atoms with Gasteiger partial charge in [0, 0.05) is 12.3 Å². The second kappa shape index (κ2) is 4.97. The Hall–Kier alpha value is -0.180. The molecule has 0 saturated carbocycles. The molecule has 0 rings (SSSR count). The van der Waals surface area contributed by atoms with Gasteiger partial charge in [-0.3, -0.25) is 4.99 Å². The van der Waals surface area contributed by atoms with Gasteiger partial charge < -0.3 is 5.73 Å². The first-order valence-electron chi connectivity index (χ1n) is 2.53. The number of aliphatic imine (C=N–C) groups is 1. The van der Waals surface area contributed by atoms with Crippen molar-refractivity contribution in [2.75, 3.05) is 18.6 Å². The molecule has 0 aromatic heterocycles. The van der Waals surface area contributed by atoms with Crippen molar-refractivity contribution in [2.45, 2.75) is 6.92 Å². The van der Waals surface area contributed by atoms with Gasteiger partial charge in [-0.15, -0.1) is 0 Å². The topological polar surface area (TPSA) is 38.4 Å².